The van der Waals surface area contributed by atoms with Crippen molar-refractivity contribution >= 4 is 17.8 Å². The first-order valence-corrected chi connectivity index (χ1v) is 9.37. The molecule has 3 N–H and O–H groups in total. The lowest BCUT2D eigenvalue weighted by Gasteiger charge is -2.42. The van der Waals surface area contributed by atoms with Crippen LogP contribution in [0.5, 0.6) is 0 Å². The highest BCUT2D eigenvalue weighted by atomic mass is 16.4. The van der Waals surface area contributed by atoms with Crippen molar-refractivity contribution in [2.75, 3.05) is 18.4 Å². The van der Waals surface area contributed by atoms with Gasteiger partial charge in [0.05, 0.1) is 18.8 Å². The summed E-state index contributed by atoms with van der Waals surface area (Å²) in [6.07, 6.45) is 4.23. The van der Waals surface area contributed by atoms with E-state index in [1.807, 2.05) is 16.5 Å². The topological polar surface area (TPSA) is 99.5 Å². The number of rotatable bonds is 9. The second-order valence-electron chi connectivity index (χ2n) is 7.52. The maximum Gasteiger partial charge on any atom is 0.320 e. The number of carboxylic acids is 1. The van der Waals surface area contributed by atoms with E-state index < -0.39 is 5.97 Å². The van der Waals surface area contributed by atoms with E-state index in [0.717, 1.165) is 19.3 Å². The van der Waals surface area contributed by atoms with Crippen molar-refractivity contribution in [3.63, 3.8) is 0 Å². The molecule has 0 saturated heterocycles. The summed E-state index contributed by atoms with van der Waals surface area (Å²) in [5, 5.41) is 19.1. The summed E-state index contributed by atoms with van der Waals surface area (Å²) in [5.41, 5.74) is 0. The third-order valence-electron chi connectivity index (χ3n) is 4.85. The van der Waals surface area contributed by atoms with E-state index >= 15 is 0 Å². The molecular formula is C18H31N5O3. The third kappa shape index (κ3) is 5.45. The fraction of sp³-hybridized carbons (Fsp3) is 0.722. The molecule has 1 aliphatic carbocycles. The summed E-state index contributed by atoms with van der Waals surface area (Å²) >= 11 is 0. The average molecular weight is 365 g/mol. The number of anilines is 1. The number of hydrogen-bond donors (Lipinski definition) is 3. The van der Waals surface area contributed by atoms with Gasteiger partial charge in [0, 0.05) is 18.2 Å². The number of urea groups is 1. The summed E-state index contributed by atoms with van der Waals surface area (Å²) in [7, 11) is 0. The first-order valence-electron chi connectivity index (χ1n) is 9.37. The van der Waals surface area contributed by atoms with Gasteiger partial charge in [-0.05, 0) is 38.6 Å². The number of likely N-dealkylation sites (N-methyl/N-ethyl adjacent to an activating group) is 1. The quantitative estimate of drug-likeness (QED) is 0.624. The van der Waals surface area contributed by atoms with Crippen molar-refractivity contribution in [2.45, 2.75) is 65.1 Å². The Morgan fingerprint density at radius 3 is 2.65 bits per heavy atom. The van der Waals surface area contributed by atoms with E-state index in [9.17, 15) is 9.59 Å². The lowest BCUT2D eigenvalue weighted by molar-refractivity contribution is -0.139. The monoisotopic (exact) mass is 365 g/mol. The molecule has 1 aliphatic rings. The zero-order valence-corrected chi connectivity index (χ0v) is 16.1. The Hall–Kier alpha value is -2.09. The molecule has 1 heterocycles. The molecular weight excluding hydrogens is 334 g/mol. The van der Waals surface area contributed by atoms with E-state index in [0.29, 0.717) is 18.3 Å². The van der Waals surface area contributed by atoms with Crippen LogP contribution in [-0.4, -0.2) is 57.0 Å². The minimum atomic E-state index is -0.815. The third-order valence-corrected chi connectivity index (χ3v) is 4.85. The molecule has 26 heavy (non-hydrogen) atoms. The number of aromatic nitrogens is 2. The molecule has 0 aromatic carbocycles. The first-order chi connectivity index (χ1) is 12.3. The van der Waals surface area contributed by atoms with Crippen molar-refractivity contribution in [1.29, 1.82) is 0 Å². The molecule has 2 amide bonds. The predicted molar refractivity (Wildman–Crippen MR) is 100 cm³/mol. The molecule has 1 unspecified atom stereocenters. The van der Waals surface area contributed by atoms with Gasteiger partial charge in [-0.2, -0.15) is 5.10 Å². The van der Waals surface area contributed by atoms with E-state index in [1.54, 1.807) is 12.3 Å². The summed E-state index contributed by atoms with van der Waals surface area (Å²) < 4.78 is 1.84. The smallest absolute Gasteiger partial charge is 0.320 e. The highest BCUT2D eigenvalue weighted by Crippen LogP contribution is 2.26. The molecule has 8 heteroatoms. The van der Waals surface area contributed by atoms with Crippen molar-refractivity contribution < 1.29 is 14.7 Å². The number of carbonyl (C=O) groups is 2. The Morgan fingerprint density at radius 2 is 2.08 bits per heavy atom. The van der Waals surface area contributed by atoms with E-state index in [2.05, 4.69) is 36.5 Å². The standard InChI is InChI=1S/C18H31N5O3/c1-5-22(11-17(24)25)15-9-14(10-15)20-18(26)21-16-6-7-19-23(16)13(4)8-12(2)3/h6-7,12-15H,5,8-11H2,1-4H3,(H,24,25)(H2,20,21,26). The summed E-state index contributed by atoms with van der Waals surface area (Å²) in [6, 6.07) is 2.06. The molecule has 8 nitrogen and oxygen atoms in total. The highest BCUT2D eigenvalue weighted by Gasteiger charge is 2.34. The van der Waals surface area contributed by atoms with Crippen molar-refractivity contribution in [3.8, 4) is 0 Å². The van der Waals surface area contributed by atoms with Gasteiger partial charge in [0.15, 0.2) is 0 Å². The Bertz CT molecular complexity index is 610. The molecule has 1 saturated carbocycles. The molecule has 0 aliphatic heterocycles. The summed E-state index contributed by atoms with van der Waals surface area (Å²) in [6.45, 7) is 9.12. The van der Waals surface area contributed by atoms with E-state index in [4.69, 9.17) is 5.11 Å². The van der Waals surface area contributed by atoms with Crippen molar-refractivity contribution in [1.82, 2.24) is 20.0 Å². The highest BCUT2D eigenvalue weighted by molar-refractivity contribution is 5.88. The van der Waals surface area contributed by atoms with Gasteiger partial charge >= 0.3 is 12.0 Å². The van der Waals surface area contributed by atoms with Gasteiger partial charge in [-0.1, -0.05) is 20.8 Å². The SMILES string of the molecule is CCN(CC(=O)O)C1CC(NC(=O)Nc2ccnn2C(C)CC(C)C)C1. The number of nitrogens with one attached hydrogen (secondary N) is 2. The minimum Gasteiger partial charge on any atom is -0.480 e. The van der Waals surface area contributed by atoms with Crippen LogP contribution in [0.15, 0.2) is 12.3 Å². The zero-order chi connectivity index (χ0) is 19.3. The maximum absolute atomic E-state index is 12.3. The fourth-order valence-corrected chi connectivity index (χ4v) is 3.56. The Morgan fingerprint density at radius 1 is 1.38 bits per heavy atom. The minimum absolute atomic E-state index is 0.0486. The van der Waals surface area contributed by atoms with Crippen LogP contribution in [0.25, 0.3) is 0 Å². The Kier molecular flexibility index (Phi) is 7.02. The van der Waals surface area contributed by atoms with Crippen molar-refractivity contribution in [2.24, 2.45) is 5.92 Å². The van der Waals surface area contributed by atoms with Gasteiger partial charge < -0.3 is 10.4 Å². The van der Waals surface area contributed by atoms with Crippen LogP contribution in [0, 0.1) is 5.92 Å². The van der Waals surface area contributed by atoms with E-state index in [-0.39, 0.29) is 30.7 Å². The maximum atomic E-state index is 12.3. The molecule has 2 rings (SSSR count). The number of amides is 2. The lowest BCUT2D eigenvalue weighted by atomic mass is 9.85. The van der Waals surface area contributed by atoms with Crippen LogP contribution < -0.4 is 10.6 Å². The van der Waals surface area contributed by atoms with Gasteiger partial charge in [0.25, 0.3) is 0 Å². The van der Waals surface area contributed by atoms with Crippen LogP contribution in [0.3, 0.4) is 0 Å². The Balaban J connectivity index is 1.80. The zero-order valence-electron chi connectivity index (χ0n) is 16.1. The number of hydrogen-bond acceptors (Lipinski definition) is 4. The molecule has 0 radical (unpaired) electrons. The van der Waals surface area contributed by atoms with Gasteiger partial charge in [-0.3, -0.25) is 15.0 Å². The van der Waals surface area contributed by atoms with E-state index in [1.165, 1.54) is 0 Å². The Labute approximate surface area is 154 Å². The molecule has 1 fully saturated rings. The van der Waals surface area contributed by atoms with Gasteiger partial charge in [-0.25, -0.2) is 9.48 Å². The molecule has 0 spiro atoms. The molecule has 146 valence electrons. The largest absolute Gasteiger partial charge is 0.480 e. The number of carboxylic acid groups (broad SMARTS) is 1. The van der Waals surface area contributed by atoms with Crippen LogP contribution >= 0.6 is 0 Å². The van der Waals surface area contributed by atoms with Gasteiger partial charge in [-0.15, -0.1) is 0 Å². The van der Waals surface area contributed by atoms with Crippen molar-refractivity contribution in [3.05, 3.63) is 12.3 Å². The molecule has 1 aromatic rings. The van der Waals surface area contributed by atoms with Gasteiger partial charge in [0.1, 0.15) is 5.82 Å². The van der Waals surface area contributed by atoms with Crippen LogP contribution in [0.4, 0.5) is 10.6 Å². The second-order valence-corrected chi connectivity index (χ2v) is 7.52. The number of carbonyl (C=O) groups excluding carboxylic acids is 1. The first kappa shape index (κ1) is 20.2. The van der Waals surface area contributed by atoms with Crippen LogP contribution in [-0.2, 0) is 4.79 Å². The second kappa shape index (κ2) is 9.02. The lowest BCUT2D eigenvalue weighted by Crippen LogP contribution is -2.55. The average Bonchev–Trinajstić information content (AvgIpc) is 2.95. The van der Waals surface area contributed by atoms with Crippen LogP contribution in [0.1, 0.15) is 53.0 Å². The number of aliphatic carboxylic acids is 1. The predicted octanol–water partition coefficient (Wildman–Crippen LogP) is 2.55. The number of nitrogens with zero attached hydrogens (tertiary/aromatic N) is 3. The molecule has 0 bridgehead atoms. The fourth-order valence-electron chi connectivity index (χ4n) is 3.56. The molecule has 1 aromatic heterocycles. The summed E-state index contributed by atoms with van der Waals surface area (Å²) in [4.78, 5) is 25.1. The van der Waals surface area contributed by atoms with Gasteiger partial charge in [0.2, 0.25) is 0 Å². The summed E-state index contributed by atoms with van der Waals surface area (Å²) in [5.74, 6) is 0.424. The normalized spacial score (nSPS) is 20.7. The van der Waals surface area contributed by atoms with Crippen LogP contribution in [0.2, 0.25) is 0 Å². The molecule has 1 atom stereocenters.